The van der Waals surface area contributed by atoms with Crippen LogP contribution in [0.2, 0.25) is 0 Å². The number of hydrogen-bond donors (Lipinski definition) is 4. The number of benzene rings is 1. The van der Waals surface area contributed by atoms with Crippen LogP contribution in [0.5, 0.6) is 5.75 Å². The van der Waals surface area contributed by atoms with Gasteiger partial charge in [-0.3, -0.25) is 9.36 Å². The number of carbonyl (C=O) groups is 1. The number of nitrogens with zero attached hydrogens (tertiary/aromatic N) is 5. The van der Waals surface area contributed by atoms with Gasteiger partial charge >= 0.3 is 0 Å². The van der Waals surface area contributed by atoms with Crippen molar-refractivity contribution >= 4 is 22.9 Å². The molecule has 0 aliphatic carbocycles. The van der Waals surface area contributed by atoms with Crippen molar-refractivity contribution < 1.29 is 24.5 Å². The van der Waals surface area contributed by atoms with Gasteiger partial charge in [0.1, 0.15) is 24.3 Å². The Balaban J connectivity index is 1.54. The van der Waals surface area contributed by atoms with Gasteiger partial charge in [0, 0.05) is 20.1 Å². The Morgan fingerprint density at radius 1 is 1.22 bits per heavy atom. The van der Waals surface area contributed by atoms with Crippen LogP contribution >= 0.6 is 0 Å². The quantitative estimate of drug-likeness (QED) is 0.297. The Bertz CT molecular complexity index is 1200. The molecule has 4 rings (SSSR count). The fourth-order valence-corrected chi connectivity index (χ4v) is 4.55. The van der Waals surface area contributed by atoms with E-state index in [0.29, 0.717) is 23.4 Å². The summed E-state index contributed by atoms with van der Waals surface area (Å²) in [6.07, 6.45) is 0.485. The highest BCUT2D eigenvalue weighted by atomic mass is 16.5. The lowest BCUT2D eigenvalue weighted by Gasteiger charge is -2.26. The Morgan fingerprint density at radius 2 is 1.95 bits per heavy atom. The normalized spacial score (nSPS) is 22.4. The molecule has 3 aromatic rings. The molecule has 4 N–H and O–H groups in total. The van der Waals surface area contributed by atoms with Crippen LogP contribution in [0.3, 0.4) is 0 Å². The SMILES string of the molecule is COc1ccc(CC(NC(C)C)C(=O)NC2C(O)[C@H](n3cnc4c(N(C)C)ncnc43)O[C@@H]2CO)cc1. The van der Waals surface area contributed by atoms with Gasteiger partial charge < -0.3 is 35.2 Å². The summed E-state index contributed by atoms with van der Waals surface area (Å²) in [5.74, 6) is 1.06. The van der Waals surface area contributed by atoms with Crippen LogP contribution in [0.1, 0.15) is 25.6 Å². The number of aliphatic hydroxyl groups is 2. The molecule has 12 nitrogen and oxygen atoms in total. The van der Waals surface area contributed by atoms with E-state index in [1.807, 2.05) is 57.1 Å². The van der Waals surface area contributed by atoms with Crippen molar-refractivity contribution in [2.75, 3.05) is 32.7 Å². The molecule has 1 aliphatic rings. The minimum atomic E-state index is -1.16. The number of nitrogens with one attached hydrogen (secondary N) is 2. The summed E-state index contributed by atoms with van der Waals surface area (Å²) >= 11 is 0. The molecule has 0 bridgehead atoms. The van der Waals surface area contributed by atoms with Crippen molar-refractivity contribution in [3.05, 3.63) is 42.5 Å². The number of aromatic nitrogens is 4. The summed E-state index contributed by atoms with van der Waals surface area (Å²) in [5, 5.41) is 27.4. The van der Waals surface area contributed by atoms with Crippen LogP contribution in [-0.2, 0) is 16.0 Å². The molecular formula is C25H35N7O5. The van der Waals surface area contributed by atoms with Gasteiger partial charge in [0.05, 0.1) is 32.1 Å². The van der Waals surface area contributed by atoms with E-state index < -0.39 is 30.5 Å². The number of ether oxygens (including phenoxy) is 2. The van der Waals surface area contributed by atoms with E-state index in [1.54, 1.807) is 11.7 Å². The lowest BCUT2D eigenvalue weighted by molar-refractivity contribution is -0.125. The Hall–Kier alpha value is -3.32. The summed E-state index contributed by atoms with van der Waals surface area (Å²) in [7, 11) is 5.30. The third kappa shape index (κ3) is 5.67. The molecule has 37 heavy (non-hydrogen) atoms. The van der Waals surface area contributed by atoms with Gasteiger partial charge in [-0.15, -0.1) is 0 Å². The number of carbonyl (C=O) groups excluding carboxylic acids is 1. The van der Waals surface area contributed by atoms with Crippen molar-refractivity contribution in [3.63, 3.8) is 0 Å². The molecule has 200 valence electrons. The molecular weight excluding hydrogens is 478 g/mol. The van der Waals surface area contributed by atoms with Crippen LogP contribution in [0.15, 0.2) is 36.9 Å². The molecule has 1 aromatic carbocycles. The highest BCUT2D eigenvalue weighted by Crippen LogP contribution is 2.32. The van der Waals surface area contributed by atoms with Crippen molar-refractivity contribution in [3.8, 4) is 5.75 Å². The maximum atomic E-state index is 13.4. The Kier molecular flexibility index (Phi) is 8.22. The molecule has 1 amide bonds. The van der Waals surface area contributed by atoms with E-state index in [1.165, 1.54) is 12.7 Å². The highest BCUT2D eigenvalue weighted by Gasteiger charge is 2.46. The topological polar surface area (TPSA) is 147 Å². The predicted molar refractivity (Wildman–Crippen MR) is 137 cm³/mol. The number of fused-ring (bicyclic) bond motifs is 1. The minimum Gasteiger partial charge on any atom is -0.497 e. The third-order valence-corrected chi connectivity index (χ3v) is 6.35. The zero-order chi connectivity index (χ0) is 26.7. The number of aliphatic hydroxyl groups excluding tert-OH is 2. The molecule has 3 unspecified atom stereocenters. The number of imidazole rings is 1. The monoisotopic (exact) mass is 513 g/mol. The van der Waals surface area contributed by atoms with Gasteiger partial charge in [0.15, 0.2) is 23.2 Å². The van der Waals surface area contributed by atoms with Crippen molar-refractivity contribution in [1.82, 2.24) is 30.2 Å². The molecule has 5 atom stereocenters. The van der Waals surface area contributed by atoms with E-state index in [-0.39, 0.29) is 18.6 Å². The van der Waals surface area contributed by atoms with E-state index in [0.717, 1.165) is 11.3 Å². The summed E-state index contributed by atoms with van der Waals surface area (Å²) < 4.78 is 12.8. The zero-order valence-corrected chi connectivity index (χ0v) is 21.7. The molecule has 0 spiro atoms. The van der Waals surface area contributed by atoms with Crippen molar-refractivity contribution in [2.24, 2.45) is 0 Å². The Morgan fingerprint density at radius 3 is 2.57 bits per heavy atom. The number of methoxy groups -OCH3 is 1. The van der Waals surface area contributed by atoms with E-state index in [2.05, 4.69) is 25.6 Å². The minimum absolute atomic E-state index is 0.0445. The van der Waals surface area contributed by atoms with Gasteiger partial charge in [0.2, 0.25) is 5.91 Å². The zero-order valence-electron chi connectivity index (χ0n) is 21.7. The molecule has 3 heterocycles. The second-order valence-electron chi connectivity index (χ2n) is 9.61. The molecule has 0 radical (unpaired) electrons. The first kappa shape index (κ1) is 26.7. The maximum Gasteiger partial charge on any atom is 0.237 e. The van der Waals surface area contributed by atoms with Crippen LogP contribution in [0.25, 0.3) is 11.2 Å². The summed E-state index contributed by atoms with van der Waals surface area (Å²) in [4.78, 5) is 28.2. The van der Waals surface area contributed by atoms with Crippen molar-refractivity contribution in [1.29, 1.82) is 0 Å². The van der Waals surface area contributed by atoms with Crippen LogP contribution in [-0.4, -0.2) is 93.8 Å². The summed E-state index contributed by atoms with van der Waals surface area (Å²) in [6.45, 7) is 3.54. The fraction of sp³-hybridized carbons (Fsp3) is 0.520. The molecule has 1 saturated heterocycles. The average molecular weight is 514 g/mol. The number of amides is 1. The first-order chi connectivity index (χ1) is 17.7. The average Bonchev–Trinajstić information content (AvgIpc) is 3.44. The van der Waals surface area contributed by atoms with E-state index in [9.17, 15) is 15.0 Å². The predicted octanol–water partition coefficient (Wildman–Crippen LogP) is 0.246. The number of hydrogen-bond acceptors (Lipinski definition) is 10. The molecule has 1 aliphatic heterocycles. The third-order valence-electron chi connectivity index (χ3n) is 6.35. The van der Waals surface area contributed by atoms with Gasteiger partial charge in [-0.25, -0.2) is 15.0 Å². The largest absolute Gasteiger partial charge is 0.497 e. The second kappa shape index (κ2) is 11.4. The molecule has 2 aromatic heterocycles. The number of anilines is 1. The number of rotatable bonds is 10. The van der Waals surface area contributed by atoms with Crippen LogP contribution in [0, 0.1) is 0 Å². The van der Waals surface area contributed by atoms with E-state index >= 15 is 0 Å². The first-order valence-corrected chi connectivity index (χ1v) is 12.2. The van der Waals surface area contributed by atoms with Gasteiger partial charge in [-0.05, 0) is 24.1 Å². The molecule has 0 saturated carbocycles. The molecule has 12 heteroatoms. The highest BCUT2D eigenvalue weighted by molar-refractivity contribution is 5.83. The second-order valence-corrected chi connectivity index (χ2v) is 9.61. The standard InChI is InChI=1S/C25H35N7O5/c1-14(2)29-17(10-15-6-8-16(36-5)9-7-15)24(35)30-19-18(11-33)37-25(21(19)34)32-13-28-20-22(31(3)4)26-12-27-23(20)32/h6-9,12-14,17-19,21,25,29,33-34H,10-11H2,1-5H3,(H,30,35)/t17?,18-,19?,21?,25-/m1/s1. The van der Waals surface area contributed by atoms with Crippen LogP contribution < -0.4 is 20.3 Å². The summed E-state index contributed by atoms with van der Waals surface area (Å²) in [6, 6.07) is 6.15. The Labute approximate surface area is 215 Å². The fourth-order valence-electron chi connectivity index (χ4n) is 4.55. The summed E-state index contributed by atoms with van der Waals surface area (Å²) in [5.41, 5.74) is 1.98. The lowest BCUT2D eigenvalue weighted by Crippen LogP contribution is -2.55. The van der Waals surface area contributed by atoms with Gasteiger partial charge in [-0.2, -0.15) is 0 Å². The smallest absolute Gasteiger partial charge is 0.237 e. The van der Waals surface area contributed by atoms with E-state index in [4.69, 9.17) is 9.47 Å². The van der Waals surface area contributed by atoms with Gasteiger partial charge in [-0.1, -0.05) is 26.0 Å². The molecule has 1 fully saturated rings. The van der Waals surface area contributed by atoms with Crippen LogP contribution in [0.4, 0.5) is 5.82 Å². The first-order valence-electron chi connectivity index (χ1n) is 12.2. The lowest BCUT2D eigenvalue weighted by atomic mass is 10.0. The maximum absolute atomic E-state index is 13.4. The van der Waals surface area contributed by atoms with Crippen molar-refractivity contribution in [2.45, 2.75) is 56.8 Å². The van der Waals surface area contributed by atoms with Gasteiger partial charge in [0.25, 0.3) is 0 Å².